The molecular weight excluding hydrogens is 319 g/mol. The summed E-state index contributed by atoms with van der Waals surface area (Å²) >= 11 is 0. The van der Waals surface area contributed by atoms with Crippen molar-refractivity contribution in [1.82, 2.24) is 4.90 Å². The lowest BCUT2D eigenvalue weighted by Gasteiger charge is -2.32. The summed E-state index contributed by atoms with van der Waals surface area (Å²) in [5.74, 6) is -2.66. The minimum Gasteiger partial charge on any atom is -0.386 e. The van der Waals surface area contributed by atoms with Crippen molar-refractivity contribution in [2.24, 2.45) is 0 Å². The van der Waals surface area contributed by atoms with Crippen molar-refractivity contribution in [3.8, 4) is 0 Å². The Kier molecular flexibility index (Phi) is 4.57. The first-order chi connectivity index (χ1) is 11.5. The normalized spacial score (nSPS) is 17.2. The molecule has 0 bridgehead atoms. The van der Waals surface area contributed by atoms with E-state index in [1.54, 1.807) is 0 Å². The molecule has 2 aromatic carbocycles. The molecule has 1 fully saturated rings. The monoisotopic (exact) mass is 335 g/mol. The first kappa shape index (κ1) is 16.5. The number of aliphatic hydroxyl groups is 1. The second kappa shape index (κ2) is 6.65. The van der Waals surface area contributed by atoms with Crippen LogP contribution in [0.4, 0.5) is 13.2 Å². The van der Waals surface area contributed by atoms with Crippen molar-refractivity contribution in [3.05, 3.63) is 71.0 Å². The largest absolute Gasteiger partial charge is 0.386 e. The summed E-state index contributed by atoms with van der Waals surface area (Å²) < 4.78 is 39.8. The second-order valence-electron chi connectivity index (χ2n) is 5.81. The third-order valence-corrected chi connectivity index (χ3v) is 4.24. The minimum atomic E-state index is -1.26. The molecule has 6 heteroatoms. The number of nitrogens with zero attached hydrogens (tertiary/aromatic N) is 1. The van der Waals surface area contributed by atoms with Crippen LogP contribution in [0.25, 0.3) is 0 Å². The highest BCUT2D eigenvalue weighted by molar-refractivity contribution is 5.78. The highest BCUT2D eigenvalue weighted by Crippen LogP contribution is 2.37. The van der Waals surface area contributed by atoms with Crippen molar-refractivity contribution in [3.63, 3.8) is 0 Å². The SMILES string of the molecule is O=C1CCCN1[C@@H](c1ccc(F)cc1)[C@H](O)c1ccc(F)c(F)c1. The van der Waals surface area contributed by atoms with E-state index in [2.05, 4.69) is 0 Å². The molecule has 0 aromatic heterocycles. The molecule has 1 amide bonds. The first-order valence-electron chi connectivity index (χ1n) is 7.65. The van der Waals surface area contributed by atoms with E-state index >= 15 is 0 Å². The lowest BCUT2D eigenvalue weighted by atomic mass is 9.94. The maximum Gasteiger partial charge on any atom is 0.223 e. The fraction of sp³-hybridized carbons (Fsp3) is 0.278. The van der Waals surface area contributed by atoms with Gasteiger partial charge in [0.1, 0.15) is 11.9 Å². The zero-order valence-corrected chi connectivity index (χ0v) is 12.8. The van der Waals surface area contributed by atoms with E-state index < -0.39 is 29.6 Å². The number of likely N-dealkylation sites (tertiary alicyclic amines) is 1. The molecule has 1 heterocycles. The molecule has 1 saturated heterocycles. The smallest absolute Gasteiger partial charge is 0.223 e. The van der Waals surface area contributed by atoms with Gasteiger partial charge in [-0.3, -0.25) is 4.79 Å². The van der Waals surface area contributed by atoms with Crippen LogP contribution >= 0.6 is 0 Å². The Hall–Kier alpha value is -2.34. The number of halogens is 3. The molecule has 0 aliphatic carbocycles. The van der Waals surface area contributed by atoms with Crippen LogP contribution in [0.15, 0.2) is 42.5 Å². The number of aliphatic hydroxyl groups excluding tert-OH is 1. The van der Waals surface area contributed by atoms with Crippen molar-refractivity contribution in [2.45, 2.75) is 25.0 Å². The van der Waals surface area contributed by atoms with Crippen molar-refractivity contribution >= 4 is 5.91 Å². The molecule has 3 nitrogen and oxygen atoms in total. The van der Waals surface area contributed by atoms with Gasteiger partial charge in [-0.05, 0) is 41.8 Å². The highest BCUT2D eigenvalue weighted by Gasteiger charge is 2.35. The zero-order chi connectivity index (χ0) is 17.3. The Morgan fingerprint density at radius 3 is 2.21 bits per heavy atom. The maximum atomic E-state index is 13.5. The van der Waals surface area contributed by atoms with E-state index in [1.807, 2.05) is 0 Å². The quantitative estimate of drug-likeness (QED) is 0.929. The molecule has 24 heavy (non-hydrogen) atoms. The van der Waals surface area contributed by atoms with E-state index in [1.165, 1.54) is 35.2 Å². The van der Waals surface area contributed by atoms with Crippen LogP contribution < -0.4 is 0 Å². The van der Waals surface area contributed by atoms with Gasteiger partial charge in [0, 0.05) is 13.0 Å². The molecule has 0 saturated carbocycles. The zero-order valence-electron chi connectivity index (χ0n) is 12.8. The lowest BCUT2D eigenvalue weighted by Crippen LogP contribution is -2.34. The number of carbonyl (C=O) groups is 1. The summed E-state index contributed by atoms with van der Waals surface area (Å²) in [4.78, 5) is 13.6. The Morgan fingerprint density at radius 2 is 1.62 bits per heavy atom. The highest BCUT2D eigenvalue weighted by atomic mass is 19.2. The van der Waals surface area contributed by atoms with Crippen molar-refractivity contribution in [1.29, 1.82) is 0 Å². The van der Waals surface area contributed by atoms with E-state index in [-0.39, 0.29) is 11.5 Å². The minimum absolute atomic E-state index is 0.133. The average Bonchev–Trinajstić information content (AvgIpc) is 2.98. The van der Waals surface area contributed by atoms with Crippen LogP contribution in [-0.4, -0.2) is 22.5 Å². The number of benzene rings is 2. The standard InChI is InChI=1S/C18H16F3NO2/c19-13-6-3-11(4-7-13)17(22-9-1-2-16(22)23)18(24)12-5-8-14(20)15(21)10-12/h3-8,10,17-18,24H,1-2,9H2/t17-,18+/m0/s1. The molecule has 2 aromatic rings. The topological polar surface area (TPSA) is 40.5 Å². The summed E-state index contributed by atoms with van der Waals surface area (Å²) in [5, 5.41) is 10.7. The molecule has 3 rings (SSSR count). The molecule has 0 spiro atoms. The van der Waals surface area contributed by atoms with Gasteiger partial charge < -0.3 is 10.0 Å². The number of rotatable bonds is 4. The van der Waals surface area contributed by atoms with Gasteiger partial charge in [-0.15, -0.1) is 0 Å². The number of carbonyl (C=O) groups excluding carboxylic acids is 1. The molecule has 0 radical (unpaired) electrons. The molecule has 0 unspecified atom stereocenters. The van der Waals surface area contributed by atoms with E-state index in [0.717, 1.165) is 12.1 Å². The third kappa shape index (κ3) is 3.14. The van der Waals surface area contributed by atoms with Crippen LogP contribution in [-0.2, 0) is 4.79 Å². The Balaban J connectivity index is 2.01. The number of hydrogen-bond donors (Lipinski definition) is 1. The molecule has 2 atom stereocenters. The van der Waals surface area contributed by atoms with E-state index in [0.29, 0.717) is 24.9 Å². The van der Waals surface area contributed by atoms with Crippen LogP contribution in [0, 0.1) is 17.5 Å². The van der Waals surface area contributed by atoms with Crippen molar-refractivity contribution in [2.75, 3.05) is 6.54 Å². The summed E-state index contributed by atoms with van der Waals surface area (Å²) in [6.45, 7) is 0.446. The van der Waals surface area contributed by atoms with Gasteiger partial charge >= 0.3 is 0 Å². The lowest BCUT2D eigenvalue weighted by molar-refractivity contribution is -0.132. The van der Waals surface area contributed by atoms with Gasteiger partial charge in [0.25, 0.3) is 0 Å². The van der Waals surface area contributed by atoms with Crippen LogP contribution in [0.2, 0.25) is 0 Å². The number of hydrogen-bond acceptors (Lipinski definition) is 2. The third-order valence-electron chi connectivity index (χ3n) is 4.24. The van der Waals surface area contributed by atoms with Gasteiger partial charge in [0.15, 0.2) is 11.6 Å². The molecule has 1 N–H and O–H groups in total. The molecule has 1 aliphatic rings. The van der Waals surface area contributed by atoms with E-state index in [4.69, 9.17) is 0 Å². The Bertz CT molecular complexity index is 748. The second-order valence-corrected chi connectivity index (χ2v) is 5.81. The first-order valence-corrected chi connectivity index (χ1v) is 7.65. The van der Waals surface area contributed by atoms with Crippen LogP contribution in [0.5, 0.6) is 0 Å². The predicted octanol–water partition coefficient (Wildman–Crippen LogP) is 3.50. The molecular formula is C18H16F3NO2. The van der Waals surface area contributed by atoms with Gasteiger partial charge in [-0.2, -0.15) is 0 Å². The maximum absolute atomic E-state index is 13.5. The molecule has 1 aliphatic heterocycles. The summed E-state index contributed by atoms with van der Waals surface area (Å²) in [5.41, 5.74) is 0.687. The summed E-state index contributed by atoms with van der Waals surface area (Å²) in [6.07, 6.45) is -0.240. The predicted molar refractivity (Wildman–Crippen MR) is 81.4 cm³/mol. The summed E-state index contributed by atoms with van der Waals surface area (Å²) in [6, 6.07) is 7.77. The van der Waals surface area contributed by atoms with Crippen molar-refractivity contribution < 1.29 is 23.1 Å². The molecule has 126 valence electrons. The van der Waals surface area contributed by atoms with Gasteiger partial charge in [0.2, 0.25) is 5.91 Å². The van der Waals surface area contributed by atoms with Gasteiger partial charge in [-0.25, -0.2) is 13.2 Å². The fourth-order valence-corrected chi connectivity index (χ4v) is 3.03. The Labute approximate surface area is 137 Å². The Morgan fingerprint density at radius 1 is 0.958 bits per heavy atom. The van der Waals surface area contributed by atoms with E-state index in [9.17, 15) is 23.1 Å². The average molecular weight is 335 g/mol. The number of amides is 1. The fourth-order valence-electron chi connectivity index (χ4n) is 3.03. The van der Waals surface area contributed by atoms with Crippen LogP contribution in [0.1, 0.15) is 36.1 Å². The van der Waals surface area contributed by atoms with Gasteiger partial charge in [-0.1, -0.05) is 18.2 Å². The summed E-state index contributed by atoms with van der Waals surface area (Å²) in [7, 11) is 0. The van der Waals surface area contributed by atoms with Gasteiger partial charge in [0.05, 0.1) is 6.04 Å². The van der Waals surface area contributed by atoms with Crippen LogP contribution in [0.3, 0.4) is 0 Å².